The molecule has 22 heavy (non-hydrogen) atoms. The van der Waals surface area contributed by atoms with Crippen LogP contribution in [0, 0.1) is 11.8 Å². The molecule has 1 aromatic carbocycles. The lowest BCUT2D eigenvalue weighted by atomic mass is 9.81. The summed E-state index contributed by atoms with van der Waals surface area (Å²) in [5.41, 5.74) is 0.532. The number of benzene rings is 1. The van der Waals surface area contributed by atoms with Gasteiger partial charge in [0.1, 0.15) is 11.5 Å². The number of ether oxygens (including phenoxy) is 2. The van der Waals surface area contributed by atoms with Crippen LogP contribution in [0.2, 0.25) is 0 Å². The van der Waals surface area contributed by atoms with Gasteiger partial charge in [-0.15, -0.1) is 0 Å². The molecule has 2 atom stereocenters. The van der Waals surface area contributed by atoms with Crippen LogP contribution < -0.4 is 14.8 Å². The van der Waals surface area contributed by atoms with Crippen LogP contribution in [0.15, 0.2) is 18.2 Å². The van der Waals surface area contributed by atoms with E-state index in [0.717, 1.165) is 6.42 Å². The van der Waals surface area contributed by atoms with E-state index in [9.17, 15) is 9.59 Å². The summed E-state index contributed by atoms with van der Waals surface area (Å²) in [5, 5.41) is 11.9. The minimum atomic E-state index is -0.823. The summed E-state index contributed by atoms with van der Waals surface area (Å²) in [7, 11) is 3.07. The van der Waals surface area contributed by atoms with Crippen LogP contribution in [0.25, 0.3) is 0 Å². The third kappa shape index (κ3) is 3.69. The van der Waals surface area contributed by atoms with Gasteiger partial charge in [-0.25, -0.2) is 0 Å². The van der Waals surface area contributed by atoms with Crippen molar-refractivity contribution in [3.05, 3.63) is 18.2 Å². The van der Waals surface area contributed by atoms with E-state index in [-0.39, 0.29) is 11.8 Å². The van der Waals surface area contributed by atoms with Gasteiger partial charge in [0, 0.05) is 12.0 Å². The highest BCUT2D eigenvalue weighted by Gasteiger charge is 2.31. The molecule has 0 spiro atoms. The molecule has 1 saturated carbocycles. The molecule has 0 radical (unpaired) electrons. The number of methoxy groups -OCH3 is 2. The molecule has 6 nitrogen and oxygen atoms in total. The van der Waals surface area contributed by atoms with E-state index < -0.39 is 11.9 Å². The topological polar surface area (TPSA) is 84.9 Å². The molecular weight excluding hydrogens is 286 g/mol. The standard InChI is InChI=1S/C16H21NO5/c1-21-12-6-7-14(22-2)13(9-12)17-15(18)10-4-3-5-11(8-10)16(19)20/h6-7,9-11H,3-5,8H2,1-2H3,(H,17,18)(H,19,20). The zero-order valence-corrected chi connectivity index (χ0v) is 12.8. The number of carboxylic acid groups (broad SMARTS) is 1. The molecule has 1 amide bonds. The molecule has 2 unspecified atom stereocenters. The molecule has 1 aliphatic carbocycles. The Hall–Kier alpha value is -2.24. The Kier molecular flexibility index (Phi) is 5.25. The number of rotatable bonds is 5. The van der Waals surface area contributed by atoms with Gasteiger partial charge in [-0.3, -0.25) is 9.59 Å². The molecule has 2 rings (SSSR count). The number of carboxylic acids is 1. The zero-order valence-electron chi connectivity index (χ0n) is 12.8. The van der Waals surface area contributed by atoms with E-state index in [1.165, 1.54) is 7.11 Å². The first kappa shape index (κ1) is 16.1. The lowest BCUT2D eigenvalue weighted by molar-refractivity contribution is -0.143. The maximum Gasteiger partial charge on any atom is 0.306 e. The van der Waals surface area contributed by atoms with Crippen molar-refractivity contribution in [2.24, 2.45) is 11.8 Å². The van der Waals surface area contributed by atoms with Gasteiger partial charge in [0.2, 0.25) is 5.91 Å². The van der Waals surface area contributed by atoms with Gasteiger partial charge in [-0.2, -0.15) is 0 Å². The Labute approximate surface area is 129 Å². The fourth-order valence-corrected chi connectivity index (χ4v) is 2.80. The Balaban J connectivity index is 2.09. The van der Waals surface area contributed by atoms with Crippen molar-refractivity contribution in [2.45, 2.75) is 25.7 Å². The van der Waals surface area contributed by atoms with Gasteiger partial charge >= 0.3 is 5.97 Å². The molecule has 1 fully saturated rings. The van der Waals surface area contributed by atoms with Crippen molar-refractivity contribution < 1.29 is 24.2 Å². The van der Waals surface area contributed by atoms with E-state index in [1.54, 1.807) is 25.3 Å². The van der Waals surface area contributed by atoms with Gasteiger partial charge in [0.05, 0.1) is 25.8 Å². The number of anilines is 1. The molecule has 0 aliphatic heterocycles. The number of hydrogen-bond acceptors (Lipinski definition) is 4. The third-order valence-electron chi connectivity index (χ3n) is 4.06. The molecule has 1 aliphatic rings. The Morgan fingerprint density at radius 1 is 1.18 bits per heavy atom. The lowest BCUT2D eigenvalue weighted by Crippen LogP contribution is -2.31. The second-order valence-electron chi connectivity index (χ2n) is 5.45. The molecule has 2 N–H and O–H groups in total. The van der Waals surface area contributed by atoms with Crippen LogP contribution >= 0.6 is 0 Å². The van der Waals surface area contributed by atoms with Crippen LogP contribution in [0.5, 0.6) is 11.5 Å². The Morgan fingerprint density at radius 3 is 2.55 bits per heavy atom. The molecule has 0 bridgehead atoms. The van der Waals surface area contributed by atoms with Crippen LogP contribution in [-0.4, -0.2) is 31.2 Å². The predicted molar refractivity (Wildman–Crippen MR) is 81.3 cm³/mol. The number of nitrogens with one attached hydrogen (secondary N) is 1. The summed E-state index contributed by atoms with van der Waals surface area (Å²) in [5.74, 6) is -0.556. The minimum absolute atomic E-state index is 0.169. The van der Waals surface area contributed by atoms with E-state index in [2.05, 4.69) is 5.32 Å². The first-order valence-corrected chi connectivity index (χ1v) is 7.30. The summed E-state index contributed by atoms with van der Waals surface area (Å²) in [6.07, 6.45) is 2.49. The highest BCUT2D eigenvalue weighted by Crippen LogP contribution is 2.33. The van der Waals surface area contributed by atoms with Crippen molar-refractivity contribution >= 4 is 17.6 Å². The normalized spacial score (nSPS) is 21.0. The summed E-state index contributed by atoms with van der Waals surface area (Å²) in [4.78, 5) is 23.5. The monoisotopic (exact) mass is 307 g/mol. The van der Waals surface area contributed by atoms with E-state index in [1.807, 2.05) is 0 Å². The second kappa shape index (κ2) is 7.15. The SMILES string of the molecule is COc1ccc(OC)c(NC(=O)C2CCCC(C(=O)O)C2)c1. The summed E-state index contributed by atoms with van der Waals surface area (Å²) in [6.45, 7) is 0. The molecule has 120 valence electrons. The fraction of sp³-hybridized carbons (Fsp3) is 0.500. The average molecular weight is 307 g/mol. The predicted octanol–water partition coefficient (Wildman–Crippen LogP) is 2.53. The second-order valence-corrected chi connectivity index (χ2v) is 5.45. The van der Waals surface area contributed by atoms with Gasteiger partial charge in [0.25, 0.3) is 0 Å². The zero-order chi connectivity index (χ0) is 16.1. The van der Waals surface area contributed by atoms with Crippen molar-refractivity contribution in [2.75, 3.05) is 19.5 Å². The number of amides is 1. The molecule has 1 aromatic rings. The van der Waals surface area contributed by atoms with Gasteiger partial charge < -0.3 is 19.9 Å². The summed E-state index contributed by atoms with van der Waals surface area (Å²) >= 11 is 0. The molecular formula is C16H21NO5. The highest BCUT2D eigenvalue weighted by molar-refractivity contribution is 5.94. The Bertz CT molecular complexity index is 557. The summed E-state index contributed by atoms with van der Waals surface area (Å²) in [6, 6.07) is 5.15. The fourth-order valence-electron chi connectivity index (χ4n) is 2.80. The largest absolute Gasteiger partial charge is 0.497 e. The first-order valence-electron chi connectivity index (χ1n) is 7.30. The number of hydrogen-bond donors (Lipinski definition) is 2. The maximum atomic E-state index is 12.4. The van der Waals surface area contributed by atoms with Crippen LogP contribution in [0.4, 0.5) is 5.69 Å². The number of carbonyl (C=O) groups is 2. The van der Waals surface area contributed by atoms with Crippen LogP contribution in [0.3, 0.4) is 0 Å². The van der Waals surface area contributed by atoms with Crippen LogP contribution in [0.1, 0.15) is 25.7 Å². The van der Waals surface area contributed by atoms with Crippen molar-refractivity contribution in [1.29, 1.82) is 0 Å². The molecule has 0 heterocycles. The molecule has 6 heteroatoms. The molecule has 0 saturated heterocycles. The molecule has 0 aromatic heterocycles. The van der Waals surface area contributed by atoms with Gasteiger partial charge in [-0.1, -0.05) is 6.42 Å². The highest BCUT2D eigenvalue weighted by atomic mass is 16.5. The Morgan fingerprint density at radius 2 is 1.91 bits per heavy atom. The van der Waals surface area contributed by atoms with E-state index in [4.69, 9.17) is 14.6 Å². The van der Waals surface area contributed by atoms with Crippen LogP contribution in [-0.2, 0) is 9.59 Å². The number of aliphatic carboxylic acids is 1. The van der Waals surface area contributed by atoms with Crippen molar-refractivity contribution in [3.63, 3.8) is 0 Å². The summed E-state index contributed by atoms with van der Waals surface area (Å²) < 4.78 is 10.4. The van der Waals surface area contributed by atoms with E-state index in [0.29, 0.717) is 36.4 Å². The van der Waals surface area contributed by atoms with Crippen molar-refractivity contribution in [3.8, 4) is 11.5 Å². The number of carbonyl (C=O) groups excluding carboxylic acids is 1. The smallest absolute Gasteiger partial charge is 0.306 e. The third-order valence-corrected chi connectivity index (χ3v) is 4.06. The maximum absolute atomic E-state index is 12.4. The first-order chi connectivity index (χ1) is 10.5. The van der Waals surface area contributed by atoms with Crippen molar-refractivity contribution in [1.82, 2.24) is 0 Å². The van der Waals surface area contributed by atoms with Gasteiger partial charge in [0.15, 0.2) is 0 Å². The van der Waals surface area contributed by atoms with Gasteiger partial charge in [-0.05, 0) is 31.4 Å². The average Bonchev–Trinajstić information content (AvgIpc) is 2.54. The van der Waals surface area contributed by atoms with E-state index >= 15 is 0 Å². The minimum Gasteiger partial charge on any atom is -0.497 e. The quantitative estimate of drug-likeness (QED) is 0.873. The lowest BCUT2D eigenvalue weighted by Gasteiger charge is -2.26.